The lowest BCUT2D eigenvalue weighted by atomic mass is 10.0. The van der Waals surface area contributed by atoms with E-state index in [1.807, 2.05) is 0 Å². The van der Waals surface area contributed by atoms with Crippen LogP contribution in [0.5, 0.6) is 0 Å². The molecule has 6 heteroatoms. The monoisotopic (exact) mass is 357 g/mol. The predicted molar refractivity (Wildman–Crippen MR) is 104 cm³/mol. The first-order chi connectivity index (χ1) is 13.3. The van der Waals surface area contributed by atoms with Crippen LogP contribution in [0.15, 0.2) is 71.8 Å². The summed E-state index contributed by atoms with van der Waals surface area (Å²) in [4.78, 5) is 19.0. The maximum atomic E-state index is 12.7. The summed E-state index contributed by atoms with van der Waals surface area (Å²) >= 11 is 0. The van der Waals surface area contributed by atoms with Crippen LogP contribution in [-0.4, -0.2) is 30.8 Å². The zero-order valence-electron chi connectivity index (χ0n) is 14.8. The molecule has 0 radical (unpaired) electrons. The van der Waals surface area contributed by atoms with Crippen molar-refractivity contribution in [1.29, 1.82) is 0 Å². The summed E-state index contributed by atoms with van der Waals surface area (Å²) in [7, 11) is 0. The highest BCUT2D eigenvalue weighted by atomic mass is 16.2. The molecule has 0 bridgehead atoms. The van der Waals surface area contributed by atoms with Gasteiger partial charge in [0.25, 0.3) is 0 Å². The Bertz CT molecular complexity index is 1160. The fourth-order valence-corrected chi connectivity index (χ4v) is 3.76. The van der Waals surface area contributed by atoms with E-state index in [0.29, 0.717) is 13.1 Å². The Labute approximate surface area is 156 Å². The fraction of sp³-hybridized carbons (Fsp3) is 0.190. The van der Waals surface area contributed by atoms with E-state index >= 15 is 0 Å². The second-order valence-corrected chi connectivity index (χ2v) is 6.82. The Morgan fingerprint density at radius 3 is 2.63 bits per heavy atom. The number of hydrogen-bond acceptors (Lipinski definition) is 4. The molecule has 4 aromatic rings. The third kappa shape index (κ3) is 2.84. The van der Waals surface area contributed by atoms with Crippen molar-refractivity contribution < 1.29 is 0 Å². The van der Waals surface area contributed by atoms with E-state index in [2.05, 4.69) is 57.4 Å². The normalized spacial score (nSPS) is 14.4. The lowest BCUT2D eigenvalue weighted by Crippen LogP contribution is -2.37. The molecule has 0 amide bonds. The van der Waals surface area contributed by atoms with E-state index in [9.17, 15) is 4.79 Å². The average Bonchev–Trinajstić information content (AvgIpc) is 3.05. The number of benzene rings is 2. The Morgan fingerprint density at radius 1 is 0.926 bits per heavy atom. The zero-order chi connectivity index (χ0) is 18.2. The van der Waals surface area contributed by atoms with Gasteiger partial charge in [0.05, 0.1) is 12.2 Å². The molecular formula is C21H19N5O. The second-order valence-electron chi connectivity index (χ2n) is 6.82. The summed E-state index contributed by atoms with van der Waals surface area (Å²) in [5.74, 6) is 0.809. The third-order valence-corrected chi connectivity index (χ3v) is 5.13. The first kappa shape index (κ1) is 16.0. The summed E-state index contributed by atoms with van der Waals surface area (Å²) < 4.78 is 3.25. The smallest absolute Gasteiger partial charge is 0.290 e. The lowest BCUT2D eigenvalue weighted by Gasteiger charge is -2.26. The lowest BCUT2D eigenvalue weighted by molar-refractivity contribution is 0.208. The number of fused-ring (bicyclic) bond motifs is 2. The molecule has 2 aromatic heterocycles. The fourth-order valence-electron chi connectivity index (χ4n) is 3.76. The van der Waals surface area contributed by atoms with Gasteiger partial charge in [-0.15, -0.1) is 5.10 Å². The standard InChI is InChI=1S/C21H19N5O/c27-21-25-13-12-24(14-17-6-3-5-16-4-1-2-7-19(16)17)15-20(25)23-26(21)18-8-10-22-11-9-18/h1-11H,12-15H2. The molecule has 2 aromatic carbocycles. The van der Waals surface area contributed by atoms with Crippen LogP contribution >= 0.6 is 0 Å². The molecule has 0 saturated carbocycles. The summed E-state index contributed by atoms with van der Waals surface area (Å²) in [6.45, 7) is 3.00. The van der Waals surface area contributed by atoms with Gasteiger partial charge >= 0.3 is 5.69 Å². The van der Waals surface area contributed by atoms with E-state index in [1.165, 1.54) is 21.0 Å². The minimum atomic E-state index is -0.0824. The van der Waals surface area contributed by atoms with Crippen LogP contribution in [0.3, 0.4) is 0 Å². The van der Waals surface area contributed by atoms with Crippen molar-refractivity contribution in [2.45, 2.75) is 19.6 Å². The van der Waals surface area contributed by atoms with Crippen molar-refractivity contribution >= 4 is 10.8 Å². The number of hydrogen-bond donors (Lipinski definition) is 0. The van der Waals surface area contributed by atoms with Gasteiger partial charge in [-0.1, -0.05) is 42.5 Å². The molecule has 0 fully saturated rings. The summed E-state index contributed by atoms with van der Waals surface area (Å²) in [6, 6.07) is 18.5. The average molecular weight is 357 g/mol. The third-order valence-electron chi connectivity index (χ3n) is 5.13. The molecule has 1 aliphatic rings. The second kappa shape index (κ2) is 6.48. The van der Waals surface area contributed by atoms with Gasteiger partial charge in [-0.05, 0) is 28.5 Å². The molecule has 5 rings (SSSR count). The zero-order valence-corrected chi connectivity index (χ0v) is 14.8. The molecule has 0 atom stereocenters. The molecule has 0 unspecified atom stereocenters. The van der Waals surface area contributed by atoms with Gasteiger partial charge in [0.1, 0.15) is 5.82 Å². The maximum Gasteiger partial charge on any atom is 0.350 e. The highest BCUT2D eigenvalue weighted by molar-refractivity contribution is 5.85. The minimum absolute atomic E-state index is 0.0824. The van der Waals surface area contributed by atoms with E-state index in [1.54, 1.807) is 29.1 Å². The van der Waals surface area contributed by atoms with Crippen LogP contribution < -0.4 is 5.69 Å². The van der Waals surface area contributed by atoms with Crippen molar-refractivity contribution in [3.63, 3.8) is 0 Å². The number of pyridine rings is 1. The Hall–Kier alpha value is -3.25. The number of rotatable bonds is 3. The van der Waals surface area contributed by atoms with Crippen molar-refractivity contribution in [2.75, 3.05) is 6.54 Å². The Kier molecular flexibility index (Phi) is 3.83. The first-order valence-corrected chi connectivity index (χ1v) is 9.08. The molecule has 0 aliphatic carbocycles. The number of aromatic nitrogens is 4. The topological polar surface area (TPSA) is 56.0 Å². The van der Waals surface area contributed by atoms with Gasteiger partial charge in [0, 0.05) is 32.0 Å². The van der Waals surface area contributed by atoms with Gasteiger partial charge < -0.3 is 0 Å². The van der Waals surface area contributed by atoms with Crippen LogP contribution in [0.4, 0.5) is 0 Å². The predicted octanol–water partition coefficient (Wildman–Crippen LogP) is 2.60. The van der Waals surface area contributed by atoms with Gasteiger partial charge in [-0.3, -0.25) is 14.5 Å². The van der Waals surface area contributed by atoms with Crippen LogP contribution in [0, 0.1) is 0 Å². The molecule has 6 nitrogen and oxygen atoms in total. The van der Waals surface area contributed by atoms with E-state index in [-0.39, 0.29) is 5.69 Å². The van der Waals surface area contributed by atoms with Crippen molar-refractivity contribution in [3.8, 4) is 5.69 Å². The number of nitrogens with zero attached hydrogens (tertiary/aromatic N) is 5. The minimum Gasteiger partial charge on any atom is -0.290 e. The van der Waals surface area contributed by atoms with E-state index in [4.69, 9.17) is 0 Å². The van der Waals surface area contributed by atoms with Crippen LogP contribution in [-0.2, 0) is 19.6 Å². The summed E-state index contributed by atoms with van der Waals surface area (Å²) in [5, 5.41) is 7.11. The van der Waals surface area contributed by atoms with Crippen molar-refractivity contribution in [1.82, 2.24) is 24.2 Å². The van der Waals surface area contributed by atoms with Gasteiger partial charge in [0.2, 0.25) is 0 Å². The Morgan fingerprint density at radius 2 is 1.74 bits per heavy atom. The quantitative estimate of drug-likeness (QED) is 0.566. The SMILES string of the molecule is O=c1n(-c2ccncc2)nc2n1CCN(Cc1cccc3ccccc13)C2. The molecule has 1 aliphatic heterocycles. The van der Waals surface area contributed by atoms with Crippen molar-refractivity contribution in [3.05, 3.63) is 88.9 Å². The van der Waals surface area contributed by atoms with Crippen LogP contribution in [0.2, 0.25) is 0 Å². The van der Waals surface area contributed by atoms with Gasteiger partial charge in [-0.25, -0.2) is 4.79 Å². The Balaban J connectivity index is 1.44. The van der Waals surface area contributed by atoms with Gasteiger partial charge in [0.15, 0.2) is 0 Å². The highest BCUT2D eigenvalue weighted by Crippen LogP contribution is 2.21. The summed E-state index contributed by atoms with van der Waals surface area (Å²) in [6.07, 6.45) is 3.35. The van der Waals surface area contributed by atoms with Crippen molar-refractivity contribution in [2.24, 2.45) is 0 Å². The maximum absolute atomic E-state index is 12.7. The van der Waals surface area contributed by atoms with Crippen LogP contribution in [0.25, 0.3) is 16.5 Å². The highest BCUT2D eigenvalue weighted by Gasteiger charge is 2.22. The largest absolute Gasteiger partial charge is 0.350 e. The molecule has 0 spiro atoms. The molecule has 3 heterocycles. The van der Waals surface area contributed by atoms with Crippen LogP contribution in [0.1, 0.15) is 11.4 Å². The first-order valence-electron chi connectivity index (χ1n) is 9.08. The molecule has 0 saturated heterocycles. The molecular weight excluding hydrogens is 338 g/mol. The molecule has 0 N–H and O–H groups in total. The van der Waals surface area contributed by atoms with E-state index in [0.717, 1.165) is 24.6 Å². The summed E-state index contributed by atoms with van der Waals surface area (Å²) in [5.41, 5.74) is 1.97. The van der Waals surface area contributed by atoms with Gasteiger partial charge in [-0.2, -0.15) is 4.68 Å². The molecule has 27 heavy (non-hydrogen) atoms. The van der Waals surface area contributed by atoms with E-state index < -0.39 is 0 Å². The molecule has 134 valence electrons.